The number of benzene rings is 2. The van der Waals surface area contributed by atoms with E-state index in [1.54, 1.807) is 0 Å². The Morgan fingerprint density at radius 1 is 1.00 bits per heavy atom. The topological polar surface area (TPSA) is 83.8 Å². The second kappa shape index (κ2) is 8.25. The van der Waals surface area contributed by atoms with Gasteiger partial charge < -0.3 is 14.9 Å². The standard InChI is InChI=1S/C30H34O5/c1-17-9-8-14-30(4)23(18-10-6-5-7-11-18)22-26(34)19(15-31)25(33)20(16-32)27(22)35-28(30)24-21(13-12-17)29(24,2)3/h5-7,9-11,15-16,21,23-24,28,33-34H,8,12-14H2,1-4H3/b17-9+/t21-,23-,24-,28+,30-/m1/s1. The summed E-state index contributed by atoms with van der Waals surface area (Å²) in [5.74, 6) is -0.189. The van der Waals surface area contributed by atoms with E-state index in [1.165, 1.54) is 5.57 Å². The Hall–Kier alpha value is -3.08. The molecule has 0 amide bonds. The summed E-state index contributed by atoms with van der Waals surface area (Å²) in [4.78, 5) is 24.1. The van der Waals surface area contributed by atoms with Gasteiger partial charge in [-0.25, -0.2) is 0 Å². The average Bonchev–Trinajstić information content (AvgIpc) is 3.38. The first-order valence-corrected chi connectivity index (χ1v) is 12.6. The van der Waals surface area contributed by atoms with Crippen LogP contribution in [-0.4, -0.2) is 28.9 Å². The summed E-state index contributed by atoms with van der Waals surface area (Å²) in [6, 6.07) is 9.95. The maximum Gasteiger partial charge on any atom is 0.157 e. The molecule has 3 aliphatic rings. The molecule has 184 valence electrons. The molecule has 5 nitrogen and oxygen atoms in total. The summed E-state index contributed by atoms with van der Waals surface area (Å²) in [7, 11) is 0. The SMILES string of the molecule is C/C1=C\CC[C@]2(C)[C@H](c3ccccc3)c3c(O)c(C=O)c(O)c(C=O)c3O[C@H]2[C@H]2[C@@H](CC1)C2(C)C. The zero-order valence-corrected chi connectivity index (χ0v) is 20.9. The number of ether oxygens (including phenoxy) is 1. The number of phenolic OH excluding ortho intramolecular Hbond substituents is 2. The number of allylic oxidation sites excluding steroid dienone is 2. The number of rotatable bonds is 3. The average molecular weight is 475 g/mol. The van der Waals surface area contributed by atoms with Crippen LogP contribution in [0.15, 0.2) is 42.0 Å². The summed E-state index contributed by atoms with van der Waals surface area (Å²) < 4.78 is 6.73. The van der Waals surface area contributed by atoms with Crippen molar-refractivity contribution in [2.24, 2.45) is 22.7 Å². The zero-order valence-electron chi connectivity index (χ0n) is 20.9. The first kappa shape index (κ1) is 23.7. The van der Waals surface area contributed by atoms with Gasteiger partial charge >= 0.3 is 0 Å². The van der Waals surface area contributed by atoms with Crippen molar-refractivity contribution in [3.8, 4) is 17.2 Å². The molecule has 5 heteroatoms. The van der Waals surface area contributed by atoms with Crippen molar-refractivity contribution in [3.05, 3.63) is 64.2 Å². The largest absolute Gasteiger partial charge is 0.507 e. The molecule has 2 N–H and O–H groups in total. The number of hydrogen-bond donors (Lipinski definition) is 2. The Morgan fingerprint density at radius 3 is 2.34 bits per heavy atom. The second-order valence-corrected chi connectivity index (χ2v) is 11.5. The molecule has 5 rings (SSSR count). The van der Waals surface area contributed by atoms with Gasteiger partial charge in [-0.15, -0.1) is 0 Å². The summed E-state index contributed by atoms with van der Waals surface area (Å²) in [6.45, 7) is 9.01. The van der Waals surface area contributed by atoms with E-state index < -0.39 is 11.2 Å². The van der Waals surface area contributed by atoms with E-state index in [9.17, 15) is 19.8 Å². The monoisotopic (exact) mass is 474 g/mol. The van der Waals surface area contributed by atoms with Crippen molar-refractivity contribution < 1.29 is 24.5 Å². The lowest BCUT2D eigenvalue weighted by Gasteiger charge is -2.50. The van der Waals surface area contributed by atoms with E-state index >= 15 is 0 Å². The van der Waals surface area contributed by atoms with Gasteiger partial charge in [0.1, 0.15) is 23.4 Å². The maximum atomic E-state index is 12.2. The van der Waals surface area contributed by atoms with Crippen LogP contribution in [-0.2, 0) is 0 Å². The maximum absolute atomic E-state index is 12.2. The number of aldehydes is 2. The van der Waals surface area contributed by atoms with Crippen LogP contribution in [0, 0.1) is 22.7 Å². The first-order chi connectivity index (χ1) is 16.7. The molecule has 0 bridgehead atoms. The number of phenols is 2. The summed E-state index contributed by atoms with van der Waals surface area (Å²) >= 11 is 0. The molecular weight excluding hydrogens is 440 g/mol. The highest BCUT2D eigenvalue weighted by molar-refractivity contribution is 5.95. The molecule has 2 aliphatic carbocycles. The smallest absolute Gasteiger partial charge is 0.157 e. The van der Waals surface area contributed by atoms with Gasteiger partial charge in [-0.05, 0) is 49.5 Å². The Labute approximate surface area is 206 Å². The fourth-order valence-corrected chi connectivity index (χ4v) is 7.15. The Balaban J connectivity index is 1.82. The number of aromatic hydroxyl groups is 2. The predicted molar refractivity (Wildman–Crippen MR) is 134 cm³/mol. The normalized spacial score (nSPS) is 32.5. The van der Waals surface area contributed by atoms with E-state index in [-0.39, 0.29) is 46.0 Å². The van der Waals surface area contributed by atoms with Crippen molar-refractivity contribution in [1.82, 2.24) is 0 Å². The van der Waals surface area contributed by atoms with Crippen LogP contribution in [0.5, 0.6) is 17.2 Å². The van der Waals surface area contributed by atoms with Crippen molar-refractivity contribution >= 4 is 12.6 Å². The molecule has 2 aromatic rings. The van der Waals surface area contributed by atoms with Crippen LogP contribution < -0.4 is 4.74 Å². The number of carbonyl (C=O) groups is 2. The van der Waals surface area contributed by atoms with Gasteiger partial charge in [0.2, 0.25) is 0 Å². The molecular formula is C30H34O5. The minimum Gasteiger partial charge on any atom is -0.507 e. The highest BCUT2D eigenvalue weighted by Crippen LogP contribution is 2.70. The Morgan fingerprint density at radius 2 is 1.69 bits per heavy atom. The molecule has 0 saturated heterocycles. The predicted octanol–water partition coefficient (Wildman–Crippen LogP) is 6.41. The van der Waals surface area contributed by atoms with Gasteiger partial charge in [0.25, 0.3) is 0 Å². The quantitative estimate of drug-likeness (QED) is 0.396. The number of fused-ring (bicyclic) bond motifs is 4. The van der Waals surface area contributed by atoms with Gasteiger partial charge in [-0.2, -0.15) is 0 Å². The third kappa shape index (κ3) is 3.42. The van der Waals surface area contributed by atoms with Crippen LogP contribution in [0.1, 0.15) is 91.1 Å². The minimum absolute atomic E-state index is 0.0641. The van der Waals surface area contributed by atoms with E-state index in [0.717, 1.165) is 31.2 Å². The third-order valence-corrected chi connectivity index (χ3v) is 9.21. The highest BCUT2D eigenvalue weighted by atomic mass is 16.5. The lowest BCUT2D eigenvalue weighted by molar-refractivity contribution is -0.00817. The van der Waals surface area contributed by atoms with Crippen LogP contribution >= 0.6 is 0 Å². The van der Waals surface area contributed by atoms with Gasteiger partial charge in [0.05, 0.1) is 11.1 Å². The fraction of sp³-hybridized carbons (Fsp3) is 0.467. The summed E-state index contributed by atoms with van der Waals surface area (Å²) in [5, 5.41) is 22.0. The molecule has 0 aromatic heterocycles. The van der Waals surface area contributed by atoms with Crippen molar-refractivity contribution in [2.45, 2.75) is 65.4 Å². The third-order valence-electron chi connectivity index (χ3n) is 9.21. The van der Waals surface area contributed by atoms with E-state index in [0.29, 0.717) is 24.1 Å². The van der Waals surface area contributed by atoms with Crippen molar-refractivity contribution in [3.63, 3.8) is 0 Å². The Bertz CT molecular complexity index is 1210. The number of carbonyl (C=O) groups excluding carboxylic acids is 2. The molecule has 5 atom stereocenters. The molecule has 1 saturated carbocycles. The number of hydrogen-bond acceptors (Lipinski definition) is 5. The summed E-state index contributed by atoms with van der Waals surface area (Å²) in [6.07, 6.45) is 6.89. The Kier molecular flexibility index (Phi) is 5.58. The molecule has 0 unspecified atom stereocenters. The van der Waals surface area contributed by atoms with Crippen LogP contribution in [0.2, 0.25) is 0 Å². The van der Waals surface area contributed by atoms with E-state index in [4.69, 9.17) is 4.74 Å². The van der Waals surface area contributed by atoms with Gasteiger partial charge in [-0.1, -0.05) is 62.8 Å². The lowest BCUT2D eigenvalue weighted by atomic mass is 9.60. The second-order valence-electron chi connectivity index (χ2n) is 11.5. The first-order valence-electron chi connectivity index (χ1n) is 12.6. The molecule has 1 heterocycles. The van der Waals surface area contributed by atoms with Crippen molar-refractivity contribution in [1.29, 1.82) is 0 Å². The molecule has 35 heavy (non-hydrogen) atoms. The summed E-state index contributed by atoms with van der Waals surface area (Å²) in [5.41, 5.74) is 2.14. The highest BCUT2D eigenvalue weighted by Gasteiger charge is 2.67. The fourth-order valence-electron chi connectivity index (χ4n) is 7.15. The molecule has 1 aliphatic heterocycles. The van der Waals surface area contributed by atoms with Gasteiger partial charge in [-0.3, -0.25) is 9.59 Å². The van der Waals surface area contributed by atoms with Crippen LogP contribution in [0.3, 0.4) is 0 Å². The van der Waals surface area contributed by atoms with Gasteiger partial charge in [0, 0.05) is 22.8 Å². The zero-order chi connectivity index (χ0) is 25.1. The van der Waals surface area contributed by atoms with E-state index in [2.05, 4.69) is 33.8 Å². The lowest BCUT2D eigenvalue weighted by Crippen LogP contribution is -2.48. The molecule has 0 radical (unpaired) electrons. The van der Waals surface area contributed by atoms with E-state index in [1.807, 2.05) is 30.3 Å². The van der Waals surface area contributed by atoms with Gasteiger partial charge in [0.15, 0.2) is 12.6 Å². The minimum atomic E-state index is -0.522. The molecule has 0 spiro atoms. The van der Waals surface area contributed by atoms with Crippen LogP contribution in [0.4, 0.5) is 0 Å². The van der Waals surface area contributed by atoms with Crippen molar-refractivity contribution in [2.75, 3.05) is 0 Å². The molecule has 2 aromatic carbocycles. The molecule has 1 fully saturated rings. The van der Waals surface area contributed by atoms with Crippen LogP contribution in [0.25, 0.3) is 0 Å².